The van der Waals surface area contributed by atoms with E-state index in [1.807, 2.05) is 24.3 Å². The number of ether oxygens (including phenoxy) is 1. The van der Waals surface area contributed by atoms with Gasteiger partial charge in [-0.15, -0.1) is 11.3 Å². The predicted molar refractivity (Wildman–Crippen MR) is 113 cm³/mol. The van der Waals surface area contributed by atoms with Crippen LogP contribution < -0.4 is 11.3 Å². The molecule has 9 nitrogen and oxygen atoms in total. The van der Waals surface area contributed by atoms with Crippen molar-refractivity contribution < 1.29 is 23.8 Å². The molecule has 0 bridgehead atoms. The summed E-state index contributed by atoms with van der Waals surface area (Å²) in [6, 6.07) is 10.8. The van der Waals surface area contributed by atoms with E-state index in [1.54, 1.807) is 12.1 Å². The number of carbonyl (C=O) groups excluding carboxylic acids is 2. The Balaban J connectivity index is 1.81. The second-order valence-corrected chi connectivity index (χ2v) is 7.73. The van der Waals surface area contributed by atoms with Crippen LogP contribution in [0.2, 0.25) is 0 Å². The van der Waals surface area contributed by atoms with Crippen LogP contribution in [-0.4, -0.2) is 34.1 Å². The molecule has 1 atom stereocenters. The molecule has 158 valence electrons. The van der Waals surface area contributed by atoms with Crippen LogP contribution in [0.5, 0.6) is 5.75 Å². The van der Waals surface area contributed by atoms with Gasteiger partial charge in [-0.05, 0) is 24.3 Å². The van der Waals surface area contributed by atoms with E-state index in [-0.39, 0.29) is 23.3 Å². The maximum atomic E-state index is 12.5. The number of nitrogens with zero attached hydrogens (tertiary/aromatic N) is 1. The maximum absolute atomic E-state index is 12.5. The Bertz CT molecular complexity index is 1320. The molecule has 0 unspecified atom stereocenters. The molecule has 0 aliphatic heterocycles. The summed E-state index contributed by atoms with van der Waals surface area (Å²) >= 11 is 1.43. The Morgan fingerprint density at radius 2 is 2.06 bits per heavy atom. The summed E-state index contributed by atoms with van der Waals surface area (Å²) in [5.41, 5.74) is 5.05. The van der Waals surface area contributed by atoms with E-state index >= 15 is 0 Å². The highest BCUT2D eigenvalue weighted by atomic mass is 32.1. The SMILES string of the molecule is COC(=O)c1c[nH]c(=O)c([C@@H](CC(N)=O)c2ccc(-c3nc4ccccc4s3)o2)c1O. The van der Waals surface area contributed by atoms with Gasteiger partial charge in [-0.25, -0.2) is 9.78 Å². The van der Waals surface area contributed by atoms with E-state index < -0.39 is 29.1 Å². The van der Waals surface area contributed by atoms with Crippen LogP contribution in [0.25, 0.3) is 21.0 Å². The Morgan fingerprint density at radius 1 is 1.29 bits per heavy atom. The Hall–Kier alpha value is -3.92. The first-order chi connectivity index (χ1) is 14.9. The second kappa shape index (κ2) is 8.07. The van der Waals surface area contributed by atoms with Gasteiger partial charge in [-0.1, -0.05) is 12.1 Å². The molecule has 0 fully saturated rings. The van der Waals surface area contributed by atoms with Gasteiger partial charge in [-0.3, -0.25) is 9.59 Å². The van der Waals surface area contributed by atoms with Gasteiger partial charge in [0.2, 0.25) is 5.91 Å². The third-order valence-electron chi connectivity index (χ3n) is 4.74. The zero-order valence-electron chi connectivity index (χ0n) is 16.2. The molecule has 0 radical (unpaired) electrons. The van der Waals surface area contributed by atoms with Gasteiger partial charge in [0.25, 0.3) is 5.56 Å². The lowest BCUT2D eigenvalue weighted by Crippen LogP contribution is -2.23. The number of rotatable bonds is 6. The Labute approximate surface area is 179 Å². The average Bonchev–Trinajstić information content (AvgIpc) is 3.39. The highest BCUT2D eigenvalue weighted by Crippen LogP contribution is 2.37. The fourth-order valence-electron chi connectivity index (χ4n) is 3.30. The Morgan fingerprint density at radius 3 is 2.77 bits per heavy atom. The lowest BCUT2D eigenvalue weighted by atomic mass is 9.92. The Kier molecular flexibility index (Phi) is 5.30. The number of H-pyrrole nitrogens is 1. The molecule has 4 aromatic rings. The van der Waals surface area contributed by atoms with Crippen molar-refractivity contribution in [2.75, 3.05) is 7.11 Å². The van der Waals surface area contributed by atoms with Crippen molar-refractivity contribution in [3.63, 3.8) is 0 Å². The van der Waals surface area contributed by atoms with Crippen molar-refractivity contribution in [2.45, 2.75) is 12.3 Å². The molecule has 0 saturated carbocycles. The monoisotopic (exact) mass is 439 g/mol. The van der Waals surface area contributed by atoms with Crippen LogP contribution in [0, 0.1) is 0 Å². The number of thiazole rings is 1. The van der Waals surface area contributed by atoms with Gasteiger partial charge < -0.3 is 25.0 Å². The van der Waals surface area contributed by atoms with Crippen molar-refractivity contribution in [3.05, 3.63) is 69.8 Å². The summed E-state index contributed by atoms with van der Waals surface area (Å²) in [5, 5.41) is 11.2. The number of pyridine rings is 1. The van der Waals surface area contributed by atoms with Crippen LogP contribution in [0.15, 0.2) is 51.8 Å². The fraction of sp³-hybridized carbons (Fsp3) is 0.143. The minimum absolute atomic E-state index is 0.216. The summed E-state index contributed by atoms with van der Waals surface area (Å²) < 4.78 is 11.5. The van der Waals surface area contributed by atoms with Gasteiger partial charge in [0.05, 0.1) is 28.8 Å². The maximum Gasteiger partial charge on any atom is 0.343 e. The second-order valence-electron chi connectivity index (χ2n) is 6.70. The van der Waals surface area contributed by atoms with E-state index in [4.69, 9.17) is 10.2 Å². The number of nitrogens with two attached hydrogens (primary N) is 1. The van der Waals surface area contributed by atoms with Crippen molar-refractivity contribution >= 4 is 33.4 Å². The number of esters is 1. The fourth-order valence-corrected chi connectivity index (χ4v) is 4.23. The molecule has 0 spiro atoms. The standard InChI is InChI=1S/C21H17N3O6S/c1-29-21(28)11-9-23-19(27)17(18(11)26)10(8-16(22)25)13-6-7-14(30-13)20-24-12-4-2-3-5-15(12)31-20/h2-7,9-10H,8H2,1H3,(H2,22,25)(H2,23,26,27)/t10-/m0/s1. The van der Waals surface area contributed by atoms with E-state index in [1.165, 1.54) is 11.3 Å². The summed E-state index contributed by atoms with van der Waals surface area (Å²) in [7, 11) is 1.14. The number of hydrogen-bond acceptors (Lipinski definition) is 8. The van der Waals surface area contributed by atoms with Crippen LogP contribution in [-0.2, 0) is 9.53 Å². The highest BCUT2D eigenvalue weighted by Gasteiger charge is 2.30. The number of aromatic amines is 1. The molecule has 10 heteroatoms. The highest BCUT2D eigenvalue weighted by molar-refractivity contribution is 7.21. The number of para-hydroxylation sites is 1. The number of benzene rings is 1. The third-order valence-corrected chi connectivity index (χ3v) is 5.79. The normalized spacial score (nSPS) is 12.0. The molecule has 1 aromatic carbocycles. The molecule has 0 saturated heterocycles. The van der Waals surface area contributed by atoms with Crippen molar-refractivity contribution in [1.82, 2.24) is 9.97 Å². The molecule has 4 rings (SSSR count). The number of furan rings is 1. The van der Waals surface area contributed by atoms with Crippen molar-refractivity contribution in [2.24, 2.45) is 5.73 Å². The van der Waals surface area contributed by atoms with Crippen LogP contribution in [0.4, 0.5) is 0 Å². The summed E-state index contributed by atoms with van der Waals surface area (Å²) in [6.45, 7) is 0. The number of primary amides is 1. The van der Waals surface area contributed by atoms with Crippen molar-refractivity contribution in [3.8, 4) is 16.5 Å². The van der Waals surface area contributed by atoms with E-state index in [0.29, 0.717) is 10.8 Å². The van der Waals surface area contributed by atoms with Gasteiger partial charge in [0.1, 0.15) is 17.1 Å². The number of aromatic hydroxyl groups is 1. The van der Waals surface area contributed by atoms with E-state index in [0.717, 1.165) is 23.5 Å². The van der Waals surface area contributed by atoms with E-state index in [2.05, 4.69) is 14.7 Å². The molecule has 3 aromatic heterocycles. The third kappa shape index (κ3) is 3.80. The van der Waals surface area contributed by atoms with Crippen LogP contribution in [0.1, 0.15) is 34.0 Å². The number of amides is 1. The largest absolute Gasteiger partial charge is 0.506 e. The van der Waals surface area contributed by atoms with Gasteiger partial charge in [-0.2, -0.15) is 0 Å². The molecule has 31 heavy (non-hydrogen) atoms. The molecular weight excluding hydrogens is 422 g/mol. The first kappa shape index (κ1) is 20.4. The molecule has 3 heterocycles. The first-order valence-corrected chi connectivity index (χ1v) is 9.97. The lowest BCUT2D eigenvalue weighted by Gasteiger charge is -2.15. The van der Waals surface area contributed by atoms with Crippen LogP contribution >= 0.6 is 11.3 Å². The number of hydrogen-bond donors (Lipinski definition) is 3. The van der Waals surface area contributed by atoms with Gasteiger partial charge in [0, 0.05) is 12.6 Å². The summed E-state index contributed by atoms with van der Waals surface area (Å²) in [6.07, 6.45) is 0.719. The molecule has 0 aliphatic rings. The topological polar surface area (TPSA) is 149 Å². The number of nitrogens with one attached hydrogen (secondary N) is 1. The quantitative estimate of drug-likeness (QED) is 0.391. The number of methoxy groups -OCH3 is 1. The molecule has 1 amide bonds. The van der Waals surface area contributed by atoms with E-state index in [9.17, 15) is 19.5 Å². The molecular formula is C21H17N3O6S. The average molecular weight is 439 g/mol. The molecule has 0 aliphatic carbocycles. The number of fused-ring (bicyclic) bond motifs is 1. The minimum atomic E-state index is -1.02. The number of aromatic nitrogens is 2. The lowest BCUT2D eigenvalue weighted by molar-refractivity contribution is -0.118. The summed E-state index contributed by atoms with van der Waals surface area (Å²) in [5.74, 6) is -2.53. The van der Waals surface area contributed by atoms with Crippen molar-refractivity contribution in [1.29, 1.82) is 0 Å². The summed E-state index contributed by atoms with van der Waals surface area (Å²) in [4.78, 5) is 43.1. The first-order valence-electron chi connectivity index (χ1n) is 9.16. The predicted octanol–water partition coefficient (Wildman–Crippen LogP) is 2.74. The van der Waals surface area contributed by atoms with Gasteiger partial charge in [0.15, 0.2) is 10.8 Å². The minimum Gasteiger partial charge on any atom is -0.506 e. The van der Waals surface area contributed by atoms with Crippen LogP contribution in [0.3, 0.4) is 0 Å². The zero-order valence-corrected chi connectivity index (χ0v) is 17.1. The smallest absolute Gasteiger partial charge is 0.343 e. The molecule has 4 N–H and O–H groups in total. The zero-order chi connectivity index (χ0) is 22.1. The number of carbonyl (C=O) groups is 2. The van der Waals surface area contributed by atoms with Gasteiger partial charge >= 0.3 is 5.97 Å².